The van der Waals surface area contributed by atoms with Gasteiger partial charge in [0, 0.05) is 13.1 Å². The number of carboxylic acid groups (broad SMARTS) is 1. The number of aliphatic carboxylic acids is 1. The Hall–Kier alpha value is -1.10. The van der Waals surface area contributed by atoms with Crippen molar-refractivity contribution in [2.24, 2.45) is 0 Å². The van der Waals surface area contributed by atoms with Crippen LogP contribution in [-0.2, 0) is 9.59 Å². The van der Waals surface area contributed by atoms with Gasteiger partial charge in [0.2, 0.25) is 5.91 Å². The molecular weight excluding hydrogens is 172 g/mol. The first-order valence-corrected chi connectivity index (χ1v) is 4.43. The first-order valence-electron chi connectivity index (χ1n) is 4.43. The summed E-state index contributed by atoms with van der Waals surface area (Å²) in [6, 6.07) is -0.201. The van der Waals surface area contributed by atoms with Crippen molar-refractivity contribution in [3.8, 4) is 0 Å². The summed E-state index contributed by atoms with van der Waals surface area (Å²) in [5.74, 6) is -0.861. The minimum absolute atomic E-state index is 0.0170. The summed E-state index contributed by atoms with van der Waals surface area (Å²) in [5, 5.41) is 14.0. The number of piperidine rings is 1. The predicted molar refractivity (Wildman–Crippen MR) is 46.3 cm³/mol. The monoisotopic (exact) mass is 186 g/mol. The van der Waals surface area contributed by atoms with Crippen molar-refractivity contribution in [2.75, 3.05) is 13.1 Å². The molecule has 13 heavy (non-hydrogen) atoms. The van der Waals surface area contributed by atoms with Crippen molar-refractivity contribution >= 4 is 11.9 Å². The number of rotatable bonds is 4. The van der Waals surface area contributed by atoms with Crippen LogP contribution in [0.2, 0.25) is 0 Å². The van der Waals surface area contributed by atoms with E-state index in [4.69, 9.17) is 5.11 Å². The van der Waals surface area contributed by atoms with Gasteiger partial charge in [0.05, 0.1) is 12.5 Å². The van der Waals surface area contributed by atoms with Crippen molar-refractivity contribution in [2.45, 2.75) is 25.3 Å². The Balaban J connectivity index is 2.19. The molecule has 0 spiro atoms. The third kappa shape index (κ3) is 3.42. The van der Waals surface area contributed by atoms with E-state index >= 15 is 0 Å². The van der Waals surface area contributed by atoms with Gasteiger partial charge in [-0.3, -0.25) is 9.59 Å². The van der Waals surface area contributed by atoms with Crippen molar-refractivity contribution in [1.82, 2.24) is 10.6 Å². The third-order valence-corrected chi connectivity index (χ3v) is 2.01. The topological polar surface area (TPSA) is 78.4 Å². The van der Waals surface area contributed by atoms with Crippen LogP contribution in [0.4, 0.5) is 0 Å². The number of amides is 1. The van der Waals surface area contributed by atoms with Crippen LogP contribution in [0.1, 0.15) is 19.3 Å². The summed E-state index contributed by atoms with van der Waals surface area (Å²) in [6.45, 7) is 1.09. The van der Waals surface area contributed by atoms with Gasteiger partial charge in [-0.05, 0) is 12.8 Å². The lowest BCUT2D eigenvalue weighted by Gasteiger charge is -2.22. The molecule has 1 heterocycles. The lowest BCUT2D eigenvalue weighted by atomic mass is 10.1. The average molecular weight is 186 g/mol. The summed E-state index contributed by atoms with van der Waals surface area (Å²) in [7, 11) is 0. The first-order chi connectivity index (χ1) is 6.20. The van der Waals surface area contributed by atoms with Gasteiger partial charge < -0.3 is 15.7 Å². The molecule has 0 radical (unpaired) electrons. The molecule has 1 saturated heterocycles. The molecule has 5 nitrogen and oxygen atoms in total. The zero-order valence-corrected chi connectivity index (χ0v) is 7.38. The van der Waals surface area contributed by atoms with Crippen molar-refractivity contribution in [1.29, 1.82) is 0 Å². The van der Waals surface area contributed by atoms with E-state index in [1.165, 1.54) is 0 Å². The SMILES string of the molecule is O=C(O)CCNC1CCCNC1=O. The van der Waals surface area contributed by atoms with Gasteiger partial charge in [-0.1, -0.05) is 0 Å². The van der Waals surface area contributed by atoms with E-state index in [0.29, 0.717) is 6.54 Å². The fourth-order valence-corrected chi connectivity index (χ4v) is 1.32. The van der Waals surface area contributed by atoms with E-state index < -0.39 is 5.97 Å². The molecule has 1 fully saturated rings. The van der Waals surface area contributed by atoms with Crippen molar-refractivity contribution < 1.29 is 14.7 Å². The maximum absolute atomic E-state index is 11.1. The number of carbonyl (C=O) groups is 2. The van der Waals surface area contributed by atoms with E-state index in [9.17, 15) is 9.59 Å². The summed E-state index contributed by atoms with van der Waals surface area (Å²) >= 11 is 0. The number of nitrogens with one attached hydrogen (secondary N) is 2. The standard InChI is InChI=1S/C8H14N2O3/c11-7(12)3-5-9-6-2-1-4-10-8(6)13/h6,9H,1-5H2,(H,10,13)(H,11,12). The molecular formula is C8H14N2O3. The predicted octanol–water partition coefficient (Wildman–Crippen LogP) is -0.671. The Morgan fingerprint density at radius 3 is 3.08 bits per heavy atom. The second-order valence-corrected chi connectivity index (χ2v) is 3.08. The normalized spacial score (nSPS) is 22.5. The minimum atomic E-state index is -0.844. The van der Waals surface area contributed by atoms with Crippen LogP contribution >= 0.6 is 0 Å². The third-order valence-electron chi connectivity index (χ3n) is 2.01. The van der Waals surface area contributed by atoms with Gasteiger partial charge >= 0.3 is 5.97 Å². The quantitative estimate of drug-likeness (QED) is 0.544. The number of hydrogen-bond donors (Lipinski definition) is 3. The molecule has 74 valence electrons. The van der Waals surface area contributed by atoms with E-state index in [-0.39, 0.29) is 18.4 Å². The van der Waals surface area contributed by atoms with Gasteiger partial charge in [0.25, 0.3) is 0 Å². The number of carbonyl (C=O) groups excluding carboxylic acids is 1. The molecule has 0 saturated carbocycles. The maximum Gasteiger partial charge on any atom is 0.304 e. The smallest absolute Gasteiger partial charge is 0.304 e. The van der Waals surface area contributed by atoms with Crippen LogP contribution in [0.15, 0.2) is 0 Å². The Morgan fingerprint density at radius 2 is 2.46 bits per heavy atom. The molecule has 0 aromatic rings. The molecule has 0 aliphatic carbocycles. The van der Waals surface area contributed by atoms with E-state index in [1.807, 2.05) is 0 Å². The Bertz CT molecular complexity index is 206. The van der Waals surface area contributed by atoms with Crippen LogP contribution in [0.5, 0.6) is 0 Å². The molecule has 1 amide bonds. The van der Waals surface area contributed by atoms with Gasteiger partial charge in [-0.2, -0.15) is 0 Å². The fraction of sp³-hybridized carbons (Fsp3) is 0.750. The van der Waals surface area contributed by atoms with E-state index in [0.717, 1.165) is 19.4 Å². The molecule has 1 aliphatic heterocycles. The van der Waals surface area contributed by atoms with Crippen molar-refractivity contribution in [3.63, 3.8) is 0 Å². The Labute approximate surface area is 76.5 Å². The molecule has 3 N–H and O–H groups in total. The Kier molecular flexibility index (Phi) is 3.70. The number of hydrogen-bond acceptors (Lipinski definition) is 3. The summed E-state index contributed by atoms with van der Waals surface area (Å²) in [5.41, 5.74) is 0. The zero-order valence-electron chi connectivity index (χ0n) is 7.38. The van der Waals surface area contributed by atoms with E-state index in [1.54, 1.807) is 0 Å². The van der Waals surface area contributed by atoms with Crippen molar-refractivity contribution in [3.05, 3.63) is 0 Å². The lowest BCUT2D eigenvalue weighted by molar-refractivity contribution is -0.137. The first kappa shape index (κ1) is 9.98. The zero-order chi connectivity index (χ0) is 9.68. The van der Waals surface area contributed by atoms with Crippen LogP contribution in [0.3, 0.4) is 0 Å². The summed E-state index contributed by atoms with van der Waals surface area (Å²) in [4.78, 5) is 21.3. The van der Waals surface area contributed by atoms with Crippen LogP contribution in [0.25, 0.3) is 0 Å². The largest absolute Gasteiger partial charge is 0.481 e. The summed E-state index contributed by atoms with van der Waals surface area (Å²) in [6.07, 6.45) is 1.81. The molecule has 0 aromatic carbocycles. The second-order valence-electron chi connectivity index (χ2n) is 3.08. The molecule has 1 aliphatic rings. The molecule has 1 unspecified atom stereocenters. The van der Waals surface area contributed by atoms with Gasteiger partial charge in [-0.15, -0.1) is 0 Å². The van der Waals surface area contributed by atoms with Crippen LogP contribution in [0, 0.1) is 0 Å². The maximum atomic E-state index is 11.1. The highest BCUT2D eigenvalue weighted by molar-refractivity contribution is 5.82. The number of carboxylic acids is 1. The molecule has 1 atom stereocenters. The van der Waals surface area contributed by atoms with Crippen LogP contribution in [-0.4, -0.2) is 36.1 Å². The minimum Gasteiger partial charge on any atom is -0.481 e. The highest BCUT2D eigenvalue weighted by Crippen LogP contribution is 2.02. The van der Waals surface area contributed by atoms with Gasteiger partial charge in [0.15, 0.2) is 0 Å². The Morgan fingerprint density at radius 1 is 1.69 bits per heavy atom. The highest BCUT2D eigenvalue weighted by atomic mass is 16.4. The van der Waals surface area contributed by atoms with Gasteiger partial charge in [0.1, 0.15) is 0 Å². The van der Waals surface area contributed by atoms with E-state index in [2.05, 4.69) is 10.6 Å². The van der Waals surface area contributed by atoms with Gasteiger partial charge in [-0.25, -0.2) is 0 Å². The molecule has 5 heteroatoms. The summed E-state index contributed by atoms with van der Waals surface area (Å²) < 4.78 is 0. The second kappa shape index (κ2) is 4.81. The molecule has 0 bridgehead atoms. The average Bonchev–Trinajstić information content (AvgIpc) is 2.08. The van der Waals surface area contributed by atoms with Crippen LogP contribution < -0.4 is 10.6 Å². The lowest BCUT2D eigenvalue weighted by Crippen LogP contribution is -2.48. The highest BCUT2D eigenvalue weighted by Gasteiger charge is 2.20. The molecule has 0 aromatic heterocycles. The fourth-order valence-electron chi connectivity index (χ4n) is 1.32. The molecule has 1 rings (SSSR count).